The molecule has 0 fully saturated rings. The number of benzene rings is 1. The zero-order valence-electron chi connectivity index (χ0n) is 10.4. The molecule has 1 rings (SSSR count). The van der Waals surface area contributed by atoms with Gasteiger partial charge >= 0.3 is 0 Å². The van der Waals surface area contributed by atoms with Gasteiger partial charge in [0.1, 0.15) is 6.10 Å². The number of ketones is 1. The SMILES string of the molecule is CC(C)c1ccc(C(=O)C(O)C(C)C)cc1. The lowest BCUT2D eigenvalue weighted by molar-refractivity contribution is 0.0648. The second-order valence-electron chi connectivity index (χ2n) is 4.83. The van der Waals surface area contributed by atoms with Crippen LogP contribution in [0.4, 0.5) is 0 Å². The standard InChI is InChI=1S/C14H20O2/c1-9(2)11-5-7-12(8-6-11)14(16)13(15)10(3)4/h5-10,13,15H,1-4H3. The Morgan fingerprint density at radius 2 is 1.56 bits per heavy atom. The Morgan fingerprint density at radius 1 is 1.06 bits per heavy atom. The van der Waals surface area contributed by atoms with E-state index in [0.29, 0.717) is 11.5 Å². The van der Waals surface area contributed by atoms with Gasteiger partial charge in [-0.1, -0.05) is 52.0 Å². The third-order valence-corrected chi connectivity index (χ3v) is 2.76. The Hall–Kier alpha value is -1.15. The monoisotopic (exact) mass is 220 g/mol. The minimum Gasteiger partial charge on any atom is -0.385 e. The summed E-state index contributed by atoms with van der Waals surface area (Å²) in [6.45, 7) is 7.90. The molecule has 0 aliphatic heterocycles. The molecule has 1 aromatic carbocycles. The fraction of sp³-hybridized carbons (Fsp3) is 0.500. The molecule has 0 heterocycles. The highest BCUT2D eigenvalue weighted by Gasteiger charge is 2.20. The molecule has 16 heavy (non-hydrogen) atoms. The minimum absolute atomic E-state index is 0.0442. The third kappa shape index (κ3) is 2.92. The van der Waals surface area contributed by atoms with Crippen molar-refractivity contribution < 1.29 is 9.90 Å². The Labute approximate surface area is 97.3 Å². The smallest absolute Gasteiger partial charge is 0.191 e. The van der Waals surface area contributed by atoms with Gasteiger partial charge in [0.25, 0.3) is 0 Å². The average Bonchev–Trinajstić information content (AvgIpc) is 2.27. The van der Waals surface area contributed by atoms with Crippen LogP contribution in [0.15, 0.2) is 24.3 Å². The third-order valence-electron chi connectivity index (χ3n) is 2.76. The normalized spacial score (nSPS) is 13.2. The molecule has 0 saturated carbocycles. The molecule has 0 aliphatic rings. The molecular weight excluding hydrogens is 200 g/mol. The zero-order chi connectivity index (χ0) is 12.3. The maximum atomic E-state index is 11.8. The number of aliphatic hydroxyl groups is 1. The highest BCUT2D eigenvalue weighted by molar-refractivity contribution is 5.99. The van der Waals surface area contributed by atoms with Gasteiger partial charge in [-0.2, -0.15) is 0 Å². The summed E-state index contributed by atoms with van der Waals surface area (Å²) in [6, 6.07) is 7.49. The Bertz CT molecular complexity index is 350. The second kappa shape index (κ2) is 5.26. The number of hydrogen-bond donors (Lipinski definition) is 1. The van der Waals surface area contributed by atoms with Crippen molar-refractivity contribution in [1.82, 2.24) is 0 Å². The maximum absolute atomic E-state index is 11.8. The van der Waals surface area contributed by atoms with Crippen molar-refractivity contribution in [2.45, 2.75) is 39.7 Å². The molecule has 2 nitrogen and oxygen atoms in total. The Kier molecular flexibility index (Phi) is 4.25. The summed E-state index contributed by atoms with van der Waals surface area (Å²) in [5, 5.41) is 9.68. The first-order chi connectivity index (χ1) is 7.43. The van der Waals surface area contributed by atoms with Gasteiger partial charge in [0.2, 0.25) is 0 Å². The van der Waals surface area contributed by atoms with Gasteiger partial charge in [-0.3, -0.25) is 4.79 Å². The minimum atomic E-state index is -0.898. The van der Waals surface area contributed by atoms with Crippen molar-refractivity contribution in [1.29, 1.82) is 0 Å². The number of carbonyl (C=O) groups excluding carboxylic acids is 1. The van der Waals surface area contributed by atoms with Crippen LogP contribution in [0.2, 0.25) is 0 Å². The fourth-order valence-corrected chi connectivity index (χ4v) is 1.51. The summed E-state index contributed by atoms with van der Waals surface area (Å²) in [7, 11) is 0. The highest BCUT2D eigenvalue weighted by Crippen LogP contribution is 2.16. The molecule has 1 atom stereocenters. The lowest BCUT2D eigenvalue weighted by Gasteiger charge is -2.13. The van der Waals surface area contributed by atoms with E-state index in [0.717, 1.165) is 0 Å². The second-order valence-corrected chi connectivity index (χ2v) is 4.83. The van der Waals surface area contributed by atoms with E-state index in [1.165, 1.54) is 5.56 Å². The first-order valence-electron chi connectivity index (χ1n) is 5.75. The molecule has 0 aliphatic carbocycles. The maximum Gasteiger partial charge on any atom is 0.191 e. The van der Waals surface area contributed by atoms with Gasteiger partial charge < -0.3 is 5.11 Å². The predicted octanol–water partition coefficient (Wildman–Crippen LogP) is 3.01. The van der Waals surface area contributed by atoms with E-state index >= 15 is 0 Å². The van der Waals surface area contributed by atoms with Crippen molar-refractivity contribution in [3.63, 3.8) is 0 Å². The molecule has 1 unspecified atom stereocenters. The van der Waals surface area contributed by atoms with E-state index in [1.807, 2.05) is 26.0 Å². The van der Waals surface area contributed by atoms with Crippen LogP contribution in [0.5, 0.6) is 0 Å². The number of hydrogen-bond acceptors (Lipinski definition) is 2. The van der Waals surface area contributed by atoms with E-state index in [9.17, 15) is 9.90 Å². The summed E-state index contributed by atoms with van der Waals surface area (Å²) in [6.07, 6.45) is -0.898. The summed E-state index contributed by atoms with van der Waals surface area (Å²) in [5.74, 6) is 0.224. The van der Waals surface area contributed by atoms with Crippen molar-refractivity contribution in [2.75, 3.05) is 0 Å². The molecule has 0 amide bonds. The van der Waals surface area contributed by atoms with Crippen LogP contribution in [0.25, 0.3) is 0 Å². The molecule has 0 bridgehead atoms. The lowest BCUT2D eigenvalue weighted by Crippen LogP contribution is -2.26. The molecule has 2 heteroatoms. The van der Waals surface area contributed by atoms with Gasteiger partial charge in [-0.05, 0) is 17.4 Å². The summed E-state index contributed by atoms with van der Waals surface area (Å²) >= 11 is 0. The van der Waals surface area contributed by atoms with Crippen molar-refractivity contribution >= 4 is 5.78 Å². The molecule has 0 radical (unpaired) electrons. The van der Waals surface area contributed by atoms with Crippen LogP contribution in [-0.2, 0) is 0 Å². The van der Waals surface area contributed by atoms with E-state index in [4.69, 9.17) is 0 Å². The quantitative estimate of drug-likeness (QED) is 0.792. The highest BCUT2D eigenvalue weighted by atomic mass is 16.3. The number of rotatable bonds is 4. The van der Waals surface area contributed by atoms with Gasteiger partial charge in [-0.25, -0.2) is 0 Å². The zero-order valence-corrected chi connectivity index (χ0v) is 10.4. The van der Waals surface area contributed by atoms with Gasteiger partial charge in [0.05, 0.1) is 0 Å². The van der Waals surface area contributed by atoms with Crippen LogP contribution in [0.3, 0.4) is 0 Å². The summed E-state index contributed by atoms with van der Waals surface area (Å²) < 4.78 is 0. The van der Waals surface area contributed by atoms with E-state index < -0.39 is 6.10 Å². The Morgan fingerprint density at radius 3 is 1.94 bits per heavy atom. The summed E-state index contributed by atoms with van der Waals surface area (Å²) in [4.78, 5) is 11.8. The van der Waals surface area contributed by atoms with Crippen molar-refractivity contribution in [3.05, 3.63) is 35.4 Å². The summed E-state index contributed by atoms with van der Waals surface area (Å²) in [5.41, 5.74) is 1.79. The predicted molar refractivity (Wildman–Crippen MR) is 65.7 cm³/mol. The van der Waals surface area contributed by atoms with Gasteiger partial charge in [-0.15, -0.1) is 0 Å². The molecule has 0 aromatic heterocycles. The average molecular weight is 220 g/mol. The molecular formula is C14H20O2. The molecule has 0 spiro atoms. The van der Waals surface area contributed by atoms with Crippen LogP contribution in [0.1, 0.15) is 49.5 Å². The van der Waals surface area contributed by atoms with Crippen LogP contribution < -0.4 is 0 Å². The number of Topliss-reactive ketones (excluding diaryl/α,β-unsaturated/α-hetero) is 1. The first kappa shape index (κ1) is 12.9. The Balaban J connectivity index is 2.86. The van der Waals surface area contributed by atoms with Crippen LogP contribution >= 0.6 is 0 Å². The number of carbonyl (C=O) groups is 1. The fourth-order valence-electron chi connectivity index (χ4n) is 1.51. The largest absolute Gasteiger partial charge is 0.385 e. The molecule has 1 N–H and O–H groups in total. The van der Waals surface area contributed by atoms with Crippen LogP contribution in [0, 0.1) is 5.92 Å². The molecule has 1 aromatic rings. The van der Waals surface area contributed by atoms with E-state index in [1.54, 1.807) is 12.1 Å². The van der Waals surface area contributed by atoms with E-state index in [-0.39, 0.29) is 11.7 Å². The van der Waals surface area contributed by atoms with E-state index in [2.05, 4.69) is 13.8 Å². The molecule has 88 valence electrons. The molecule has 0 saturated heterocycles. The van der Waals surface area contributed by atoms with Crippen molar-refractivity contribution in [3.8, 4) is 0 Å². The number of aliphatic hydroxyl groups excluding tert-OH is 1. The first-order valence-corrected chi connectivity index (χ1v) is 5.75. The van der Waals surface area contributed by atoms with Crippen LogP contribution in [-0.4, -0.2) is 17.0 Å². The van der Waals surface area contributed by atoms with Crippen molar-refractivity contribution in [2.24, 2.45) is 5.92 Å². The lowest BCUT2D eigenvalue weighted by atomic mass is 9.95. The van der Waals surface area contributed by atoms with Gasteiger partial charge in [0, 0.05) is 5.56 Å². The van der Waals surface area contributed by atoms with Gasteiger partial charge in [0.15, 0.2) is 5.78 Å². The topological polar surface area (TPSA) is 37.3 Å².